The number of rotatable bonds is 16. The molecule has 2 nitrogen and oxygen atoms in total. The topological polar surface area (TPSA) is 24.7 Å². The Labute approximate surface area is 243 Å². The molecule has 0 aliphatic rings. The van der Waals surface area contributed by atoms with Crippen LogP contribution >= 0.6 is 0 Å². The zero-order chi connectivity index (χ0) is 26.4. The van der Waals surface area contributed by atoms with Crippen LogP contribution in [0.15, 0.2) is 52.4 Å². The Hall–Kier alpha value is -1.34. The summed E-state index contributed by atoms with van der Waals surface area (Å²) in [6.07, 6.45) is 9.30. The van der Waals surface area contributed by atoms with Gasteiger partial charge in [-0.3, -0.25) is 9.98 Å². The van der Waals surface area contributed by atoms with Gasteiger partial charge in [-0.15, -0.1) is 0 Å². The van der Waals surface area contributed by atoms with Gasteiger partial charge in [0.1, 0.15) is 0 Å². The molecule has 0 atom stereocenters. The first kappa shape index (κ1) is 33.7. The standard InChI is InChI=1S/C33H52N2Si.Pd/c1-8-13-15-16-18-33(32(17-14-9-2)35-31-24-27(6)23-28(7)25-31)34-30-21-19-29(20-22-30)26-36(10-3,11-4)12-5;/h19-25H,8-18,26H2,1-7H3;/b34-33+,35-32+;. The minimum atomic E-state index is -1.17. The van der Waals surface area contributed by atoms with Crippen LogP contribution < -0.4 is 0 Å². The monoisotopic (exact) mass is 610 g/mol. The SMILES string of the molecule is CCCCCCC(=N\c1ccc(C[Si](CC)(CC)CC)cc1)/C(CCCC)=N/c1cc(C)cc(C)c1.[Pd]. The Morgan fingerprint density at radius 2 is 1.14 bits per heavy atom. The molecule has 0 amide bonds. The van der Waals surface area contributed by atoms with Crippen LogP contribution in [-0.4, -0.2) is 19.5 Å². The summed E-state index contributed by atoms with van der Waals surface area (Å²) < 4.78 is 0. The van der Waals surface area contributed by atoms with E-state index < -0.39 is 8.07 Å². The van der Waals surface area contributed by atoms with Crippen LogP contribution in [0.5, 0.6) is 0 Å². The minimum Gasteiger partial charge on any atom is -0.252 e. The predicted octanol–water partition coefficient (Wildman–Crippen LogP) is 10.9. The maximum atomic E-state index is 5.25. The average Bonchev–Trinajstić information content (AvgIpc) is 2.87. The molecule has 0 spiro atoms. The van der Waals surface area contributed by atoms with Crippen molar-refractivity contribution in [1.82, 2.24) is 0 Å². The van der Waals surface area contributed by atoms with E-state index in [9.17, 15) is 0 Å². The van der Waals surface area contributed by atoms with Gasteiger partial charge in [-0.2, -0.15) is 0 Å². The van der Waals surface area contributed by atoms with Crippen LogP contribution in [0.3, 0.4) is 0 Å². The van der Waals surface area contributed by atoms with Gasteiger partial charge in [0, 0.05) is 20.4 Å². The number of unbranched alkanes of at least 4 members (excludes halogenated alkanes) is 4. The van der Waals surface area contributed by atoms with Crippen molar-refractivity contribution in [1.29, 1.82) is 0 Å². The van der Waals surface area contributed by atoms with Crippen LogP contribution in [0.25, 0.3) is 0 Å². The molecule has 2 aromatic rings. The molecule has 0 unspecified atom stereocenters. The predicted molar refractivity (Wildman–Crippen MR) is 166 cm³/mol. The Morgan fingerprint density at radius 1 is 0.622 bits per heavy atom. The van der Waals surface area contributed by atoms with Crippen LogP contribution in [0, 0.1) is 13.8 Å². The van der Waals surface area contributed by atoms with E-state index in [1.54, 1.807) is 0 Å². The zero-order valence-electron chi connectivity index (χ0n) is 24.7. The minimum absolute atomic E-state index is 0. The third kappa shape index (κ3) is 11.5. The molecule has 0 aliphatic carbocycles. The maximum Gasteiger partial charge on any atom is 0.0639 e. The van der Waals surface area contributed by atoms with E-state index >= 15 is 0 Å². The first-order chi connectivity index (χ1) is 17.4. The third-order valence-electron chi connectivity index (χ3n) is 7.87. The zero-order valence-corrected chi connectivity index (χ0v) is 27.3. The fraction of sp³-hybridized carbons (Fsp3) is 0.576. The van der Waals surface area contributed by atoms with Gasteiger partial charge in [0.15, 0.2) is 0 Å². The molecule has 0 saturated heterocycles. The second-order valence-electron chi connectivity index (χ2n) is 10.8. The second kappa shape index (κ2) is 18.0. The average molecular weight is 611 g/mol. The van der Waals surface area contributed by atoms with E-state index in [1.807, 2.05) is 0 Å². The molecule has 4 heteroatoms. The van der Waals surface area contributed by atoms with Gasteiger partial charge >= 0.3 is 0 Å². The van der Waals surface area contributed by atoms with Crippen molar-refractivity contribution in [3.8, 4) is 0 Å². The van der Waals surface area contributed by atoms with E-state index in [2.05, 4.69) is 90.9 Å². The summed E-state index contributed by atoms with van der Waals surface area (Å²) in [7, 11) is -1.17. The molecule has 2 aromatic carbocycles. The van der Waals surface area contributed by atoms with Gasteiger partial charge in [0.2, 0.25) is 0 Å². The van der Waals surface area contributed by atoms with Gasteiger partial charge in [-0.05, 0) is 81.0 Å². The van der Waals surface area contributed by atoms with Crippen molar-refractivity contribution in [2.45, 2.75) is 124 Å². The van der Waals surface area contributed by atoms with Gasteiger partial charge in [0.05, 0.1) is 30.9 Å². The van der Waals surface area contributed by atoms with Gasteiger partial charge < -0.3 is 0 Å². The van der Waals surface area contributed by atoms with E-state index in [4.69, 9.17) is 9.98 Å². The number of benzene rings is 2. The molecular weight excluding hydrogens is 559 g/mol. The molecule has 0 saturated carbocycles. The van der Waals surface area contributed by atoms with E-state index in [0.29, 0.717) is 0 Å². The number of hydrogen-bond donors (Lipinski definition) is 0. The quantitative estimate of drug-likeness (QED) is 0.103. The molecule has 37 heavy (non-hydrogen) atoms. The van der Waals surface area contributed by atoms with Crippen LogP contribution in [-0.2, 0) is 26.5 Å². The fourth-order valence-electron chi connectivity index (χ4n) is 5.17. The van der Waals surface area contributed by atoms with Crippen LogP contribution in [0.1, 0.15) is 103 Å². The molecule has 0 aromatic heterocycles. The summed E-state index contributed by atoms with van der Waals surface area (Å²) >= 11 is 0. The molecule has 2 rings (SSSR count). The summed E-state index contributed by atoms with van der Waals surface area (Å²) in [5, 5.41) is 0. The van der Waals surface area contributed by atoms with Crippen molar-refractivity contribution in [2.24, 2.45) is 9.98 Å². The second-order valence-corrected chi connectivity index (χ2v) is 16.3. The maximum absolute atomic E-state index is 5.25. The van der Waals surface area contributed by atoms with Crippen LogP contribution in [0.2, 0.25) is 18.1 Å². The summed E-state index contributed by atoms with van der Waals surface area (Å²) in [6.45, 7) is 16.1. The smallest absolute Gasteiger partial charge is 0.0639 e. The third-order valence-corrected chi connectivity index (χ3v) is 13.5. The molecular formula is C33H52N2PdSi. The first-order valence-electron chi connectivity index (χ1n) is 14.7. The fourth-order valence-corrected chi connectivity index (χ4v) is 8.52. The van der Waals surface area contributed by atoms with Crippen molar-refractivity contribution in [3.05, 3.63) is 59.2 Å². The van der Waals surface area contributed by atoms with E-state index in [1.165, 1.54) is 84.4 Å². The Morgan fingerprint density at radius 3 is 1.65 bits per heavy atom. The number of aryl methyl sites for hydroxylation is 2. The summed E-state index contributed by atoms with van der Waals surface area (Å²) in [5.74, 6) is 0. The molecule has 0 N–H and O–H groups in total. The largest absolute Gasteiger partial charge is 0.252 e. The number of nitrogens with zero attached hydrogens (tertiary/aromatic N) is 2. The normalized spacial score (nSPS) is 12.5. The number of hydrogen-bond acceptors (Lipinski definition) is 2. The molecule has 0 bridgehead atoms. The Balaban J connectivity index is 0.00000684. The van der Waals surface area contributed by atoms with Crippen molar-refractivity contribution >= 4 is 30.9 Å². The molecule has 0 aliphatic heterocycles. The number of aliphatic imine (C=N–C) groups is 2. The molecule has 0 fully saturated rings. The summed E-state index contributed by atoms with van der Waals surface area (Å²) in [5.41, 5.74) is 8.53. The van der Waals surface area contributed by atoms with Gasteiger partial charge in [-0.1, -0.05) is 102 Å². The van der Waals surface area contributed by atoms with Crippen molar-refractivity contribution in [2.75, 3.05) is 0 Å². The van der Waals surface area contributed by atoms with E-state index in [-0.39, 0.29) is 20.4 Å². The molecule has 0 heterocycles. The van der Waals surface area contributed by atoms with Crippen molar-refractivity contribution < 1.29 is 20.4 Å². The molecule has 208 valence electrons. The molecule has 0 radical (unpaired) electrons. The summed E-state index contributed by atoms with van der Waals surface area (Å²) in [6, 6.07) is 21.2. The Kier molecular flexibility index (Phi) is 16.4. The van der Waals surface area contributed by atoms with Gasteiger partial charge in [0.25, 0.3) is 0 Å². The first-order valence-corrected chi connectivity index (χ1v) is 17.5. The van der Waals surface area contributed by atoms with Crippen molar-refractivity contribution in [3.63, 3.8) is 0 Å². The Bertz CT molecular complexity index is 946. The van der Waals surface area contributed by atoms with Gasteiger partial charge in [-0.25, -0.2) is 0 Å². The van der Waals surface area contributed by atoms with E-state index in [0.717, 1.165) is 30.6 Å². The summed E-state index contributed by atoms with van der Waals surface area (Å²) in [4.78, 5) is 10.4. The van der Waals surface area contributed by atoms with Crippen LogP contribution in [0.4, 0.5) is 11.4 Å².